The third kappa shape index (κ3) is 2.22. The van der Waals surface area contributed by atoms with Gasteiger partial charge in [-0.25, -0.2) is 12.8 Å². The number of rotatable bonds is 2. The Labute approximate surface area is 107 Å². The van der Waals surface area contributed by atoms with Crippen molar-refractivity contribution in [3.8, 4) is 0 Å². The minimum absolute atomic E-state index is 0.294. The van der Waals surface area contributed by atoms with Crippen molar-refractivity contribution in [2.75, 3.05) is 18.8 Å². The lowest BCUT2D eigenvalue weighted by Gasteiger charge is -2.17. The predicted molar refractivity (Wildman–Crippen MR) is 68.1 cm³/mol. The molecule has 2 rings (SSSR count). The van der Waals surface area contributed by atoms with E-state index in [1.54, 1.807) is 6.92 Å². The van der Waals surface area contributed by atoms with E-state index in [-0.39, 0.29) is 4.90 Å². The van der Waals surface area contributed by atoms with E-state index >= 15 is 0 Å². The third-order valence-corrected chi connectivity index (χ3v) is 5.21. The summed E-state index contributed by atoms with van der Waals surface area (Å²) in [5.41, 5.74) is 6.50. The van der Waals surface area contributed by atoms with Gasteiger partial charge in [0.05, 0.1) is 0 Å². The van der Waals surface area contributed by atoms with Crippen LogP contribution >= 0.6 is 0 Å². The topological polar surface area (TPSA) is 63.4 Å². The largest absolute Gasteiger partial charge is 0.398 e. The molecule has 18 heavy (non-hydrogen) atoms. The first-order valence-electron chi connectivity index (χ1n) is 5.88. The van der Waals surface area contributed by atoms with Gasteiger partial charge in [-0.1, -0.05) is 6.92 Å². The molecule has 0 aromatic heterocycles. The Morgan fingerprint density at radius 3 is 2.67 bits per heavy atom. The first kappa shape index (κ1) is 13.3. The molecule has 1 heterocycles. The van der Waals surface area contributed by atoms with Crippen molar-refractivity contribution >= 4 is 15.7 Å². The molecule has 1 aliphatic rings. The highest BCUT2D eigenvalue weighted by molar-refractivity contribution is 7.89. The molecule has 1 saturated heterocycles. The monoisotopic (exact) mass is 272 g/mol. The Bertz CT molecular complexity index is 572. The summed E-state index contributed by atoms with van der Waals surface area (Å²) in [7, 11) is -3.76. The number of nitrogens with two attached hydrogens (primary N) is 1. The second kappa shape index (κ2) is 4.51. The Hall–Kier alpha value is -1.14. The number of aryl methyl sites for hydroxylation is 1. The molecule has 0 aliphatic carbocycles. The normalized spacial score (nSPS) is 21.4. The molecule has 1 aromatic rings. The Balaban J connectivity index is 2.45. The van der Waals surface area contributed by atoms with E-state index in [2.05, 4.69) is 0 Å². The number of nitrogen functional groups attached to an aromatic ring is 1. The molecule has 6 heteroatoms. The number of hydrogen-bond donors (Lipinski definition) is 1. The molecule has 1 unspecified atom stereocenters. The molecule has 4 nitrogen and oxygen atoms in total. The zero-order valence-electron chi connectivity index (χ0n) is 10.5. The Morgan fingerprint density at radius 2 is 2.11 bits per heavy atom. The number of nitrogens with zero attached hydrogens (tertiary/aromatic N) is 1. The van der Waals surface area contributed by atoms with Crippen LogP contribution in [0.2, 0.25) is 0 Å². The Morgan fingerprint density at radius 1 is 1.44 bits per heavy atom. The van der Waals surface area contributed by atoms with Crippen LogP contribution in [0.5, 0.6) is 0 Å². The summed E-state index contributed by atoms with van der Waals surface area (Å²) in [4.78, 5) is -0.320. The minimum Gasteiger partial charge on any atom is -0.398 e. The van der Waals surface area contributed by atoms with Crippen LogP contribution in [0.25, 0.3) is 0 Å². The van der Waals surface area contributed by atoms with Gasteiger partial charge in [-0.05, 0) is 37.0 Å². The fraction of sp³-hybridized carbons (Fsp3) is 0.500. The number of hydrogen-bond acceptors (Lipinski definition) is 3. The van der Waals surface area contributed by atoms with Crippen molar-refractivity contribution in [2.24, 2.45) is 5.92 Å². The van der Waals surface area contributed by atoms with Gasteiger partial charge in [0.1, 0.15) is 10.7 Å². The zero-order chi connectivity index (χ0) is 13.5. The van der Waals surface area contributed by atoms with Crippen molar-refractivity contribution in [3.63, 3.8) is 0 Å². The summed E-state index contributed by atoms with van der Waals surface area (Å²) in [6, 6.07) is 2.38. The van der Waals surface area contributed by atoms with Gasteiger partial charge in [-0.15, -0.1) is 0 Å². The maximum atomic E-state index is 13.8. The van der Waals surface area contributed by atoms with E-state index in [1.807, 2.05) is 6.92 Å². The summed E-state index contributed by atoms with van der Waals surface area (Å²) < 4.78 is 39.7. The van der Waals surface area contributed by atoms with Crippen LogP contribution in [0.15, 0.2) is 17.0 Å². The van der Waals surface area contributed by atoms with E-state index in [9.17, 15) is 12.8 Å². The van der Waals surface area contributed by atoms with Crippen molar-refractivity contribution in [2.45, 2.75) is 25.2 Å². The average molecular weight is 272 g/mol. The maximum Gasteiger partial charge on any atom is 0.246 e. The molecule has 1 aliphatic heterocycles. The van der Waals surface area contributed by atoms with E-state index in [0.717, 1.165) is 6.42 Å². The molecular formula is C12H17FN2O2S. The Kier molecular flexibility index (Phi) is 3.33. The van der Waals surface area contributed by atoms with Crippen LogP contribution in [-0.4, -0.2) is 25.8 Å². The molecule has 2 N–H and O–H groups in total. The van der Waals surface area contributed by atoms with Crippen molar-refractivity contribution in [3.05, 3.63) is 23.5 Å². The lowest BCUT2D eigenvalue weighted by Crippen LogP contribution is -2.29. The van der Waals surface area contributed by atoms with Gasteiger partial charge < -0.3 is 5.73 Å². The van der Waals surface area contributed by atoms with Crippen LogP contribution in [0, 0.1) is 18.7 Å². The summed E-state index contributed by atoms with van der Waals surface area (Å²) in [5, 5.41) is 0. The quantitative estimate of drug-likeness (QED) is 0.834. The smallest absolute Gasteiger partial charge is 0.246 e. The van der Waals surface area contributed by atoms with Gasteiger partial charge >= 0.3 is 0 Å². The molecular weight excluding hydrogens is 255 g/mol. The zero-order valence-corrected chi connectivity index (χ0v) is 11.3. The van der Waals surface area contributed by atoms with Crippen LogP contribution in [0.1, 0.15) is 18.9 Å². The number of sulfonamides is 1. The van der Waals surface area contributed by atoms with Crippen molar-refractivity contribution in [1.29, 1.82) is 0 Å². The third-order valence-electron chi connectivity index (χ3n) is 3.32. The first-order valence-corrected chi connectivity index (χ1v) is 7.32. The van der Waals surface area contributed by atoms with Gasteiger partial charge in [0.2, 0.25) is 10.0 Å². The fourth-order valence-corrected chi connectivity index (χ4v) is 3.77. The highest BCUT2D eigenvalue weighted by atomic mass is 32.2. The highest BCUT2D eigenvalue weighted by Gasteiger charge is 2.32. The van der Waals surface area contributed by atoms with Crippen molar-refractivity contribution < 1.29 is 12.8 Å². The van der Waals surface area contributed by atoms with E-state index in [1.165, 1.54) is 16.4 Å². The fourth-order valence-electron chi connectivity index (χ4n) is 2.12. The van der Waals surface area contributed by atoms with Crippen molar-refractivity contribution in [1.82, 2.24) is 4.31 Å². The lowest BCUT2D eigenvalue weighted by molar-refractivity contribution is 0.458. The summed E-state index contributed by atoms with van der Waals surface area (Å²) in [6.07, 6.45) is 0.808. The summed E-state index contributed by atoms with van der Waals surface area (Å²) >= 11 is 0. The van der Waals surface area contributed by atoms with E-state index in [4.69, 9.17) is 5.73 Å². The molecule has 0 amide bonds. The molecule has 1 fully saturated rings. The molecule has 1 aromatic carbocycles. The molecule has 0 saturated carbocycles. The van der Waals surface area contributed by atoms with Crippen LogP contribution in [0.3, 0.4) is 0 Å². The number of halogens is 1. The van der Waals surface area contributed by atoms with Gasteiger partial charge in [0, 0.05) is 18.8 Å². The van der Waals surface area contributed by atoms with Gasteiger partial charge in [-0.3, -0.25) is 0 Å². The predicted octanol–water partition coefficient (Wildman–Crippen LogP) is 1.75. The highest BCUT2D eigenvalue weighted by Crippen LogP contribution is 2.28. The number of anilines is 1. The minimum atomic E-state index is -3.76. The van der Waals surface area contributed by atoms with E-state index in [0.29, 0.717) is 30.3 Å². The SMILES string of the molecule is Cc1cc(F)c(S(=O)(=O)N2CCC(C)C2)cc1N. The van der Waals surface area contributed by atoms with Crippen LogP contribution in [0.4, 0.5) is 10.1 Å². The molecule has 0 radical (unpaired) electrons. The first-order chi connectivity index (χ1) is 8.32. The summed E-state index contributed by atoms with van der Waals surface area (Å²) in [6.45, 7) is 4.51. The molecule has 100 valence electrons. The molecule has 0 spiro atoms. The maximum absolute atomic E-state index is 13.8. The van der Waals surface area contributed by atoms with Crippen LogP contribution in [-0.2, 0) is 10.0 Å². The summed E-state index contributed by atoms with van der Waals surface area (Å²) in [5.74, 6) is -0.424. The van der Waals surface area contributed by atoms with E-state index < -0.39 is 15.8 Å². The van der Waals surface area contributed by atoms with Gasteiger partial charge in [0.15, 0.2) is 0 Å². The number of benzene rings is 1. The second-order valence-electron chi connectivity index (χ2n) is 4.90. The lowest BCUT2D eigenvalue weighted by atomic mass is 10.2. The van der Waals surface area contributed by atoms with Crippen LogP contribution < -0.4 is 5.73 Å². The molecule has 0 bridgehead atoms. The molecule has 1 atom stereocenters. The van der Waals surface area contributed by atoms with Gasteiger partial charge in [-0.2, -0.15) is 4.31 Å². The average Bonchev–Trinajstić information content (AvgIpc) is 2.70. The standard InChI is InChI=1S/C12H17FN2O2S/c1-8-3-4-15(7-8)18(16,17)12-6-11(14)9(2)5-10(12)13/h5-6,8H,3-4,7,14H2,1-2H3. The van der Waals surface area contributed by atoms with Gasteiger partial charge in [0.25, 0.3) is 0 Å². The second-order valence-corrected chi connectivity index (χ2v) is 6.80.